The van der Waals surface area contributed by atoms with Gasteiger partial charge in [-0.1, -0.05) is 84.9 Å². The van der Waals surface area contributed by atoms with Crippen molar-refractivity contribution in [1.29, 1.82) is 0 Å². The van der Waals surface area contributed by atoms with E-state index in [1.54, 1.807) is 12.5 Å². The molecule has 0 aliphatic carbocycles. The van der Waals surface area contributed by atoms with Gasteiger partial charge in [-0.2, -0.15) is 9.97 Å². The maximum absolute atomic E-state index is 5.60. The standard InChI is InChI=1S/C28H18N4O2/c1-3-7-19(8-4-1)23-25(31-15-17-33-27(31)29-23)21-11-13-22(14-12-21)26-24(20-9-5-2-6-10-20)30-28-32(26)16-18-34-28/h1-18H. The minimum atomic E-state index is 0.570. The maximum atomic E-state index is 5.60. The van der Waals surface area contributed by atoms with Crippen LogP contribution in [-0.4, -0.2) is 18.8 Å². The lowest BCUT2D eigenvalue weighted by molar-refractivity contribution is 0.596. The van der Waals surface area contributed by atoms with Crippen LogP contribution >= 0.6 is 0 Å². The molecule has 0 saturated heterocycles. The third kappa shape index (κ3) is 2.82. The van der Waals surface area contributed by atoms with Gasteiger partial charge in [0.25, 0.3) is 0 Å². The van der Waals surface area contributed by atoms with E-state index >= 15 is 0 Å². The molecule has 0 unspecified atom stereocenters. The smallest absolute Gasteiger partial charge is 0.306 e. The van der Waals surface area contributed by atoms with Crippen molar-refractivity contribution in [3.05, 3.63) is 110 Å². The highest BCUT2D eigenvalue weighted by molar-refractivity contribution is 5.85. The summed E-state index contributed by atoms with van der Waals surface area (Å²) in [6.07, 6.45) is 7.11. The van der Waals surface area contributed by atoms with Crippen molar-refractivity contribution in [2.75, 3.05) is 0 Å². The zero-order valence-electron chi connectivity index (χ0n) is 18.0. The van der Waals surface area contributed by atoms with Gasteiger partial charge in [-0.05, 0) is 0 Å². The number of fused-ring (bicyclic) bond motifs is 2. The monoisotopic (exact) mass is 442 g/mol. The Labute approximate surface area is 194 Å². The Morgan fingerprint density at radius 1 is 0.471 bits per heavy atom. The number of imidazole rings is 2. The molecule has 0 atom stereocenters. The first-order chi connectivity index (χ1) is 16.9. The van der Waals surface area contributed by atoms with E-state index in [0.29, 0.717) is 11.7 Å². The first-order valence-electron chi connectivity index (χ1n) is 11.0. The molecule has 0 aliphatic rings. The Morgan fingerprint density at radius 2 is 0.882 bits per heavy atom. The predicted molar refractivity (Wildman–Crippen MR) is 130 cm³/mol. The average Bonchev–Trinajstić information content (AvgIpc) is 3.66. The summed E-state index contributed by atoms with van der Waals surface area (Å²) in [4.78, 5) is 9.50. The fourth-order valence-corrected chi connectivity index (χ4v) is 4.50. The molecule has 162 valence electrons. The van der Waals surface area contributed by atoms with E-state index in [-0.39, 0.29) is 0 Å². The topological polar surface area (TPSA) is 60.9 Å². The van der Waals surface area contributed by atoms with E-state index < -0.39 is 0 Å². The number of rotatable bonds is 4. The normalized spacial score (nSPS) is 11.5. The van der Waals surface area contributed by atoms with Crippen LogP contribution in [0.25, 0.3) is 56.7 Å². The SMILES string of the molecule is c1ccc(-c2nc3occn3c2-c2ccc(-c3c(-c4ccccc4)nc4occn34)cc2)cc1. The summed E-state index contributed by atoms with van der Waals surface area (Å²) in [6, 6.07) is 28.8. The van der Waals surface area contributed by atoms with Crippen molar-refractivity contribution < 1.29 is 8.83 Å². The Balaban J connectivity index is 1.39. The second-order valence-corrected chi connectivity index (χ2v) is 8.04. The summed E-state index contributed by atoms with van der Waals surface area (Å²) in [6.45, 7) is 0. The molecule has 0 radical (unpaired) electrons. The van der Waals surface area contributed by atoms with Gasteiger partial charge in [0.05, 0.1) is 11.4 Å². The number of hydrogen-bond acceptors (Lipinski definition) is 4. The Bertz CT molecular complexity index is 1610. The molecule has 7 rings (SSSR count). The largest absolute Gasteiger partial charge is 0.432 e. The van der Waals surface area contributed by atoms with Gasteiger partial charge in [-0.3, -0.25) is 8.80 Å². The molecule has 0 aliphatic heterocycles. The molecule has 0 fully saturated rings. The summed E-state index contributed by atoms with van der Waals surface area (Å²) >= 11 is 0. The van der Waals surface area contributed by atoms with Crippen molar-refractivity contribution in [3.8, 4) is 45.0 Å². The lowest BCUT2D eigenvalue weighted by Crippen LogP contribution is -1.90. The van der Waals surface area contributed by atoms with Gasteiger partial charge in [-0.25, -0.2) is 0 Å². The zero-order chi connectivity index (χ0) is 22.5. The van der Waals surface area contributed by atoms with Gasteiger partial charge >= 0.3 is 11.7 Å². The molecular formula is C28H18N4O2. The van der Waals surface area contributed by atoms with E-state index in [1.807, 2.05) is 57.6 Å². The second-order valence-electron chi connectivity index (χ2n) is 8.04. The second kappa shape index (κ2) is 7.35. The highest BCUT2D eigenvalue weighted by Crippen LogP contribution is 2.37. The van der Waals surface area contributed by atoms with Gasteiger partial charge < -0.3 is 8.83 Å². The third-order valence-electron chi connectivity index (χ3n) is 6.05. The summed E-state index contributed by atoms with van der Waals surface area (Å²) in [5.41, 5.74) is 7.94. The Morgan fingerprint density at radius 3 is 1.29 bits per heavy atom. The van der Waals surface area contributed by atoms with E-state index in [2.05, 4.69) is 48.5 Å². The van der Waals surface area contributed by atoms with Gasteiger partial charge in [0, 0.05) is 34.6 Å². The molecule has 6 nitrogen and oxygen atoms in total. The summed E-state index contributed by atoms with van der Waals surface area (Å²) in [5.74, 6) is 1.14. The summed E-state index contributed by atoms with van der Waals surface area (Å²) in [5, 5.41) is 0. The first kappa shape index (κ1) is 18.7. The molecule has 0 bridgehead atoms. The van der Waals surface area contributed by atoms with Crippen molar-refractivity contribution in [1.82, 2.24) is 18.8 Å². The van der Waals surface area contributed by atoms with Crippen molar-refractivity contribution in [3.63, 3.8) is 0 Å². The predicted octanol–water partition coefficient (Wildman–Crippen LogP) is 6.84. The Kier molecular flexibility index (Phi) is 4.04. The number of nitrogens with zero attached hydrogens (tertiary/aromatic N) is 4. The van der Waals surface area contributed by atoms with Crippen LogP contribution in [0.1, 0.15) is 0 Å². The molecule has 0 saturated carbocycles. The van der Waals surface area contributed by atoms with Gasteiger partial charge in [0.1, 0.15) is 23.9 Å². The van der Waals surface area contributed by atoms with Crippen LogP contribution in [0.2, 0.25) is 0 Å². The van der Waals surface area contributed by atoms with E-state index in [4.69, 9.17) is 18.8 Å². The number of benzene rings is 3. The molecule has 0 amide bonds. The quantitative estimate of drug-likeness (QED) is 0.300. The zero-order valence-corrected chi connectivity index (χ0v) is 18.0. The van der Waals surface area contributed by atoms with Crippen LogP contribution in [0.5, 0.6) is 0 Å². The minimum Gasteiger partial charge on any atom is -0.432 e. The molecule has 6 heteroatoms. The molecular weight excluding hydrogens is 424 g/mol. The molecule has 34 heavy (non-hydrogen) atoms. The lowest BCUT2D eigenvalue weighted by atomic mass is 10.0. The van der Waals surface area contributed by atoms with Crippen molar-refractivity contribution in [2.45, 2.75) is 0 Å². The Hall–Kier alpha value is -4.84. The molecule has 0 N–H and O–H groups in total. The number of oxazole rings is 2. The van der Waals surface area contributed by atoms with Gasteiger partial charge in [-0.15, -0.1) is 0 Å². The van der Waals surface area contributed by atoms with Crippen LogP contribution < -0.4 is 0 Å². The molecule has 4 aromatic heterocycles. The van der Waals surface area contributed by atoms with Crippen LogP contribution in [0, 0.1) is 0 Å². The van der Waals surface area contributed by atoms with Crippen LogP contribution in [-0.2, 0) is 0 Å². The first-order valence-corrected chi connectivity index (χ1v) is 11.0. The van der Waals surface area contributed by atoms with Gasteiger partial charge in [0.15, 0.2) is 0 Å². The molecule has 3 aromatic carbocycles. The maximum Gasteiger partial charge on any atom is 0.306 e. The fourth-order valence-electron chi connectivity index (χ4n) is 4.50. The van der Waals surface area contributed by atoms with Crippen LogP contribution in [0.4, 0.5) is 0 Å². The third-order valence-corrected chi connectivity index (χ3v) is 6.05. The fraction of sp³-hybridized carbons (Fsp3) is 0. The summed E-state index contributed by atoms with van der Waals surface area (Å²) in [7, 11) is 0. The van der Waals surface area contributed by atoms with Crippen molar-refractivity contribution in [2.24, 2.45) is 0 Å². The van der Waals surface area contributed by atoms with Gasteiger partial charge in [0.2, 0.25) is 0 Å². The van der Waals surface area contributed by atoms with E-state index in [0.717, 1.165) is 45.0 Å². The van der Waals surface area contributed by atoms with E-state index in [9.17, 15) is 0 Å². The van der Waals surface area contributed by atoms with E-state index in [1.165, 1.54) is 0 Å². The van der Waals surface area contributed by atoms with Crippen LogP contribution in [0.15, 0.2) is 119 Å². The highest BCUT2D eigenvalue weighted by atomic mass is 16.3. The average molecular weight is 442 g/mol. The molecule has 7 aromatic rings. The minimum absolute atomic E-state index is 0.570. The summed E-state index contributed by atoms with van der Waals surface area (Å²) < 4.78 is 15.2. The lowest BCUT2D eigenvalue weighted by Gasteiger charge is -2.08. The van der Waals surface area contributed by atoms with Crippen molar-refractivity contribution >= 4 is 11.7 Å². The molecule has 0 spiro atoms. The van der Waals surface area contributed by atoms with Crippen LogP contribution in [0.3, 0.4) is 0 Å². The molecule has 4 heterocycles. The number of hydrogen-bond donors (Lipinski definition) is 0. The highest BCUT2D eigenvalue weighted by Gasteiger charge is 2.20. The number of aromatic nitrogens is 4.